The Bertz CT molecular complexity index is 373. The molecule has 5 heteroatoms. The van der Waals surface area contributed by atoms with Gasteiger partial charge in [0.05, 0.1) is 19.3 Å². The van der Waals surface area contributed by atoms with Crippen molar-refractivity contribution in [2.24, 2.45) is 0 Å². The molecule has 1 aliphatic heterocycles. The number of ether oxygens (including phenoxy) is 1. The van der Waals surface area contributed by atoms with Crippen LogP contribution in [0.25, 0.3) is 0 Å². The third-order valence-electron chi connectivity index (χ3n) is 2.58. The lowest BCUT2D eigenvalue weighted by Gasteiger charge is -2.31. The summed E-state index contributed by atoms with van der Waals surface area (Å²) in [4.78, 5) is 16.7. The number of hydrogen-bond acceptors (Lipinski definition) is 4. The molecule has 0 radical (unpaired) electrons. The molecule has 0 amide bonds. The molecule has 1 saturated heterocycles. The van der Waals surface area contributed by atoms with Gasteiger partial charge >= 0.3 is 0 Å². The average Bonchev–Trinajstić information content (AvgIpc) is 2.30. The maximum absolute atomic E-state index is 10.5. The molecule has 2 heterocycles. The summed E-state index contributed by atoms with van der Waals surface area (Å²) in [5, 5.41) is 0. The van der Waals surface area contributed by atoms with Crippen molar-refractivity contribution >= 4 is 22.2 Å². The molecule has 1 aromatic rings. The molecule has 0 saturated carbocycles. The molecule has 0 aromatic carbocycles. The molecule has 1 fully saturated rings. The van der Waals surface area contributed by atoms with Crippen LogP contribution in [0.5, 0.6) is 0 Å². The largest absolute Gasteiger partial charge is 0.371 e. The van der Waals surface area contributed by atoms with Crippen LogP contribution in [0.2, 0.25) is 0 Å². The summed E-state index contributed by atoms with van der Waals surface area (Å²) in [7, 11) is 0. The van der Waals surface area contributed by atoms with Gasteiger partial charge in [-0.2, -0.15) is 0 Å². The summed E-state index contributed by atoms with van der Waals surface area (Å²) in [5.74, 6) is 0. The zero-order valence-corrected chi connectivity index (χ0v) is 10.4. The van der Waals surface area contributed by atoms with E-state index >= 15 is 0 Å². The highest BCUT2D eigenvalue weighted by Crippen LogP contribution is 2.23. The van der Waals surface area contributed by atoms with Crippen molar-refractivity contribution in [2.45, 2.75) is 6.10 Å². The molecule has 0 aliphatic carbocycles. The van der Waals surface area contributed by atoms with Gasteiger partial charge in [-0.05, 0) is 22.0 Å². The predicted octanol–water partition coefficient (Wildman–Crippen LogP) is 1.42. The van der Waals surface area contributed by atoms with E-state index in [0.717, 1.165) is 29.4 Å². The smallest absolute Gasteiger partial charge is 0.133 e. The Balaban J connectivity index is 2.06. The van der Waals surface area contributed by atoms with Crippen LogP contribution < -0.4 is 0 Å². The van der Waals surface area contributed by atoms with E-state index in [2.05, 4.69) is 25.8 Å². The quantitative estimate of drug-likeness (QED) is 0.788. The first-order chi connectivity index (χ1) is 7.79. The fourth-order valence-corrected chi connectivity index (χ4v) is 2.16. The van der Waals surface area contributed by atoms with Crippen LogP contribution in [-0.2, 0) is 9.53 Å². The van der Waals surface area contributed by atoms with Gasteiger partial charge in [0.1, 0.15) is 6.29 Å². The molecule has 0 bridgehead atoms. The summed E-state index contributed by atoms with van der Waals surface area (Å²) >= 11 is 3.39. The van der Waals surface area contributed by atoms with E-state index in [1.807, 2.05) is 6.07 Å². The Morgan fingerprint density at radius 3 is 3.25 bits per heavy atom. The number of hydrogen-bond donors (Lipinski definition) is 0. The lowest BCUT2D eigenvalue weighted by atomic mass is 10.1. The van der Waals surface area contributed by atoms with E-state index in [1.54, 1.807) is 12.4 Å². The van der Waals surface area contributed by atoms with E-state index in [9.17, 15) is 4.79 Å². The Labute approximate surface area is 103 Å². The van der Waals surface area contributed by atoms with E-state index < -0.39 is 0 Å². The van der Waals surface area contributed by atoms with Crippen molar-refractivity contribution in [3.63, 3.8) is 0 Å². The second-order valence-corrected chi connectivity index (χ2v) is 4.64. The lowest BCUT2D eigenvalue weighted by molar-refractivity contribution is -0.111. The van der Waals surface area contributed by atoms with Crippen LogP contribution in [0.4, 0.5) is 0 Å². The molecule has 4 nitrogen and oxygen atoms in total. The summed E-state index contributed by atoms with van der Waals surface area (Å²) < 4.78 is 6.62. The average molecular weight is 285 g/mol. The van der Waals surface area contributed by atoms with Gasteiger partial charge in [0.2, 0.25) is 0 Å². The van der Waals surface area contributed by atoms with Crippen LogP contribution >= 0.6 is 15.9 Å². The summed E-state index contributed by atoms with van der Waals surface area (Å²) in [6, 6.07) is 2.00. The minimum Gasteiger partial charge on any atom is -0.371 e. The molecule has 1 unspecified atom stereocenters. The van der Waals surface area contributed by atoms with Crippen molar-refractivity contribution in [3.8, 4) is 0 Å². The second-order valence-electron chi connectivity index (χ2n) is 3.72. The normalized spacial score (nSPS) is 21.9. The summed E-state index contributed by atoms with van der Waals surface area (Å²) in [6.45, 7) is 2.69. The third kappa shape index (κ3) is 2.87. The standard InChI is InChI=1S/C11H13BrN2O2/c12-10-5-9(6-13-7-10)11-8-14(1-3-15)2-4-16-11/h3,5-7,11H,1-2,4,8H2. The van der Waals surface area contributed by atoms with E-state index in [0.29, 0.717) is 13.2 Å². The molecule has 0 spiro atoms. The highest BCUT2D eigenvalue weighted by atomic mass is 79.9. The minimum absolute atomic E-state index is 0.0127. The molecular weight excluding hydrogens is 272 g/mol. The molecule has 1 atom stereocenters. The van der Waals surface area contributed by atoms with Crippen LogP contribution in [0.3, 0.4) is 0 Å². The summed E-state index contributed by atoms with van der Waals surface area (Å²) in [5.41, 5.74) is 1.05. The summed E-state index contributed by atoms with van der Waals surface area (Å²) in [6.07, 6.45) is 4.50. The minimum atomic E-state index is 0.0127. The van der Waals surface area contributed by atoms with E-state index in [-0.39, 0.29) is 6.10 Å². The fourth-order valence-electron chi connectivity index (χ4n) is 1.78. The maximum Gasteiger partial charge on any atom is 0.133 e. The topological polar surface area (TPSA) is 42.4 Å². The number of halogens is 1. The molecule has 86 valence electrons. The second kappa shape index (κ2) is 5.52. The third-order valence-corrected chi connectivity index (χ3v) is 3.01. The van der Waals surface area contributed by atoms with Crippen LogP contribution in [0.15, 0.2) is 22.9 Å². The van der Waals surface area contributed by atoms with Gasteiger partial charge in [0, 0.05) is 35.5 Å². The highest BCUT2D eigenvalue weighted by molar-refractivity contribution is 9.10. The first-order valence-corrected chi connectivity index (χ1v) is 5.97. The monoisotopic (exact) mass is 284 g/mol. The number of rotatable bonds is 3. The van der Waals surface area contributed by atoms with Crippen molar-refractivity contribution in [3.05, 3.63) is 28.5 Å². The zero-order valence-electron chi connectivity index (χ0n) is 8.80. The molecule has 2 rings (SSSR count). The molecule has 0 N–H and O–H groups in total. The van der Waals surface area contributed by atoms with Gasteiger partial charge < -0.3 is 9.53 Å². The maximum atomic E-state index is 10.5. The number of carbonyl (C=O) groups excluding carboxylic acids is 1. The van der Waals surface area contributed by atoms with Gasteiger partial charge in [-0.3, -0.25) is 9.88 Å². The van der Waals surface area contributed by atoms with Crippen LogP contribution in [-0.4, -0.2) is 42.4 Å². The number of carbonyl (C=O) groups is 1. The highest BCUT2D eigenvalue weighted by Gasteiger charge is 2.21. The number of aromatic nitrogens is 1. The van der Waals surface area contributed by atoms with Gasteiger partial charge in [-0.15, -0.1) is 0 Å². The Morgan fingerprint density at radius 1 is 1.62 bits per heavy atom. The number of morpholine rings is 1. The molecule has 1 aromatic heterocycles. The number of nitrogens with zero attached hydrogens (tertiary/aromatic N) is 2. The first kappa shape index (κ1) is 11.7. The van der Waals surface area contributed by atoms with Crippen LogP contribution in [0.1, 0.15) is 11.7 Å². The van der Waals surface area contributed by atoms with E-state index in [4.69, 9.17) is 4.74 Å². The van der Waals surface area contributed by atoms with Crippen LogP contribution in [0, 0.1) is 0 Å². The molecular formula is C11H13BrN2O2. The Morgan fingerprint density at radius 2 is 2.50 bits per heavy atom. The molecule has 16 heavy (non-hydrogen) atoms. The SMILES string of the molecule is O=CCN1CCOC(c2cncc(Br)c2)C1. The first-order valence-electron chi connectivity index (χ1n) is 5.17. The van der Waals surface area contributed by atoms with Gasteiger partial charge in [-0.1, -0.05) is 0 Å². The Hall–Kier alpha value is -0.780. The number of aldehydes is 1. The van der Waals surface area contributed by atoms with Crippen molar-refractivity contribution in [1.29, 1.82) is 0 Å². The van der Waals surface area contributed by atoms with Gasteiger partial charge in [0.15, 0.2) is 0 Å². The number of pyridine rings is 1. The van der Waals surface area contributed by atoms with Gasteiger partial charge in [-0.25, -0.2) is 0 Å². The molecule has 1 aliphatic rings. The zero-order chi connectivity index (χ0) is 11.4. The van der Waals surface area contributed by atoms with Gasteiger partial charge in [0.25, 0.3) is 0 Å². The lowest BCUT2D eigenvalue weighted by Crippen LogP contribution is -2.39. The van der Waals surface area contributed by atoms with Crippen molar-refractivity contribution in [1.82, 2.24) is 9.88 Å². The van der Waals surface area contributed by atoms with E-state index in [1.165, 1.54) is 0 Å². The predicted molar refractivity (Wildman–Crippen MR) is 63.1 cm³/mol. The van der Waals surface area contributed by atoms with Crippen molar-refractivity contribution < 1.29 is 9.53 Å². The Kier molecular flexibility index (Phi) is 4.04. The van der Waals surface area contributed by atoms with Crippen molar-refractivity contribution in [2.75, 3.05) is 26.2 Å². The fraction of sp³-hybridized carbons (Fsp3) is 0.455.